The molecule has 23 heavy (non-hydrogen) atoms. The molecule has 3 rings (SSSR count). The molecule has 0 saturated heterocycles. The van der Waals surface area contributed by atoms with Gasteiger partial charge in [-0.3, -0.25) is 14.0 Å². The minimum absolute atomic E-state index is 0.205. The Morgan fingerprint density at radius 1 is 1.13 bits per heavy atom. The van der Waals surface area contributed by atoms with E-state index >= 15 is 0 Å². The monoisotopic (exact) mass is 419 g/mol. The first kappa shape index (κ1) is 15.7. The van der Waals surface area contributed by atoms with Crippen molar-refractivity contribution in [1.82, 2.24) is 9.38 Å². The Morgan fingerprint density at radius 3 is 2.52 bits per heavy atom. The molecule has 0 unspecified atom stereocenters. The molecule has 0 aliphatic heterocycles. The average molecular weight is 419 g/mol. The summed E-state index contributed by atoms with van der Waals surface area (Å²) in [6.45, 7) is 3.61. The topological polar surface area (TPSA) is 63.5 Å². The maximum atomic E-state index is 12.6. The molecule has 1 N–H and O–H groups in total. The molecule has 3 aromatic rings. The lowest BCUT2D eigenvalue weighted by Gasteiger charge is -2.10. The number of carbonyl (C=O) groups is 1. The second-order valence-electron chi connectivity index (χ2n) is 5.27. The molecule has 1 aromatic carbocycles. The molecule has 116 valence electrons. The number of benzene rings is 1. The fourth-order valence-corrected chi connectivity index (χ4v) is 2.65. The van der Waals surface area contributed by atoms with E-state index in [-0.39, 0.29) is 17.2 Å². The zero-order chi connectivity index (χ0) is 16.6. The maximum absolute atomic E-state index is 12.6. The van der Waals surface area contributed by atoms with Crippen molar-refractivity contribution in [2.75, 3.05) is 5.32 Å². The number of pyridine rings is 1. The maximum Gasteiger partial charge on any atom is 0.281 e. The van der Waals surface area contributed by atoms with Crippen LogP contribution in [0.25, 0.3) is 5.65 Å². The molecule has 6 heteroatoms. The van der Waals surface area contributed by atoms with Gasteiger partial charge < -0.3 is 5.32 Å². The molecular formula is C17H14IN3O2. The standard InChI is InChI=1S/C17H14IN3O2/c1-10-3-8-14-19-11(2)15(17(23)21(14)9-10)20-16(22)12-4-6-13(18)7-5-12/h3-9H,1-2H3,(H,20,22). The van der Waals surface area contributed by atoms with Crippen molar-refractivity contribution in [2.24, 2.45) is 0 Å². The van der Waals surface area contributed by atoms with Crippen LogP contribution in [0.1, 0.15) is 21.6 Å². The van der Waals surface area contributed by atoms with E-state index in [4.69, 9.17) is 0 Å². The van der Waals surface area contributed by atoms with Crippen LogP contribution in [-0.4, -0.2) is 15.3 Å². The zero-order valence-corrected chi connectivity index (χ0v) is 14.8. The molecule has 5 nitrogen and oxygen atoms in total. The number of nitrogens with zero attached hydrogens (tertiary/aromatic N) is 2. The minimum atomic E-state index is -0.323. The first-order chi connectivity index (χ1) is 11.0. The van der Waals surface area contributed by atoms with Crippen LogP contribution in [0.4, 0.5) is 5.69 Å². The van der Waals surface area contributed by atoms with Gasteiger partial charge in [0.1, 0.15) is 11.3 Å². The lowest BCUT2D eigenvalue weighted by atomic mass is 10.2. The zero-order valence-electron chi connectivity index (χ0n) is 12.6. The van der Waals surface area contributed by atoms with Gasteiger partial charge in [0.05, 0.1) is 5.69 Å². The van der Waals surface area contributed by atoms with E-state index in [1.54, 1.807) is 31.3 Å². The second-order valence-corrected chi connectivity index (χ2v) is 6.52. The van der Waals surface area contributed by atoms with E-state index in [1.807, 2.05) is 25.1 Å². The van der Waals surface area contributed by atoms with Crippen LogP contribution in [-0.2, 0) is 0 Å². The molecule has 0 bridgehead atoms. The highest BCUT2D eigenvalue weighted by molar-refractivity contribution is 14.1. The quantitative estimate of drug-likeness (QED) is 0.650. The lowest BCUT2D eigenvalue weighted by molar-refractivity contribution is 0.102. The second kappa shape index (κ2) is 6.11. The van der Waals surface area contributed by atoms with Crippen molar-refractivity contribution in [1.29, 1.82) is 0 Å². The Bertz CT molecular complexity index is 962. The van der Waals surface area contributed by atoms with E-state index in [2.05, 4.69) is 32.9 Å². The number of fused-ring (bicyclic) bond motifs is 1. The molecule has 1 amide bonds. The number of aryl methyl sites for hydroxylation is 2. The number of carbonyl (C=O) groups excluding carboxylic acids is 1. The molecule has 0 atom stereocenters. The Balaban J connectivity index is 2.04. The summed E-state index contributed by atoms with van der Waals surface area (Å²) in [6.07, 6.45) is 1.71. The number of hydrogen-bond donors (Lipinski definition) is 1. The van der Waals surface area contributed by atoms with Crippen LogP contribution in [0, 0.1) is 17.4 Å². The van der Waals surface area contributed by atoms with Gasteiger partial charge in [0, 0.05) is 15.3 Å². The van der Waals surface area contributed by atoms with Crippen LogP contribution in [0.2, 0.25) is 0 Å². The van der Waals surface area contributed by atoms with Gasteiger partial charge in [-0.05, 0) is 72.3 Å². The van der Waals surface area contributed by atoms with Gasteiger partial charge in [-0.1, -0.05) is 6.07 Å². The van der Waals surface area contributed by atoms with Crippen molar-refractivity contribution >= 4 is 39.8 Å². The van der Waals surface area contributed by atoms with Crippen molar-refractivity contribution in [3.05, 3.63) is 73.3 Å². The summed E-state index contributed by atoms with van der Waals surface area (Å²) in [4.78, 5) is 29.4. The van der Waals surface area contributed by atoms with Gasteiger partial charge in [-0.15, -0.1) is 0 Å². The van der Waals surface area contributed by atoms with Gasteiger partial charge >= 0.3 is 0 Å². The van der Waals surface area contributed by atoms with Crippen molar-refractivity contribution in [3.63, 3.8) is 0 Å². The predicted octanol–water partition coefficient (Wildman–Crippen LogP) is 3.17. The van der Waals surface area contributed by atoms with Gasteiger partial charge in [0.2, 0.25) is 0 Å². The summed E-state index contributed by atoms with van der Waals surface area (Å²) in [6, 6.07) is 10.8. The fourth-order valence-electron chi connectivity index (χ4n) is 2.29. The number of rotatable bonds is 2. The minimum Gasteiger partial charge on any atom is -0.316 e. The third kappa shape index (κ3) is 3.12. The predicted molar refractivity (Wildman–Crippen MR) is 98.0 cm³/mol. The summed E-state index contributed by atoms with van der Waals surface area (Å²) >= 11 is 2.17. The molecular weight excluding hydrogens is 405 g/mol. The third-order valence-corrected chi connectivity index (χ3v) is 4.22. The Hall–Kier alpha value is -2.22. The highest BCUT2D eigenvalue weighted by atomic mass is 127. The number of hydrogen-bond acceptors (Lipinski definition) is 3. The molecule has 0 saturated carbocycles. The van der Waals surface area contributed by atoms with Gasteiger partial charge in [0.25, 0.3) is 11.5 Å². The van der Waals surface area contributed by atoms with E-state index in [0.717, 1.165) is 9.13 Å². The molecule has 0 spiro atoms. The van der Waals surface area contributed by atoms with Crippen molar-refractivity contribution in [3.8, 4) is 0 Å². The van der Waals surface area contributed by atoms with Crippen LogP contribution in [0.3, 0.4) is 0 Å². The number of halogens is 1. The summed E-state index contributed by atoms with van der Waals surface area (Å²) in [5.74, 6) is -0.323. The summed E-state index contributed by atoms with van der Waals surface area (Å²) in [7, 11) is 0. The van der Waals surface area contributed by atoms with Crippen molar-refractivity contribution in [2.45, 2.75) is 13.8 Å². The number of aromatic nitrogens is 2. The molecule has 0 radical (unpaired) electrons. The number of amides is 1. The van der Waals surface area contributed by atoms with E-state index < -0.39 is 0 Å². The van der Waals surface area contributed by atoms with Crippen LogP contribution in [0.5, 0.6) is 0 Å². The molecule has 0 aliphatic rings. The first-order valence-electron chi connectivity index (χ1n) is 7.02. The largest absolute Gasteiger partial charge is 0.316 e. The summed E-state index contributed by atoms with van der Waals surface area (Å²) in [5, 5.41) is 2.69. The normalized spacial score (nSPS) is 10.7. The number of anilines is 1. The average Bonchev–Trinajstić information content (AvgIpc) is 2.53. The van der Waals surface area contributed by atoms with Gasteiger partial charge in [-0.2, -0.15) is 0 Å². The van der Waals surface area contributed by atoms with E-state index in [1.165, 1.54) is 4.40 Å². The van der Waals surface area contributed by atoms with Gasteiger partial charge in [-0.25, -0.2) is 4.98 Å². The summed E-state index contributed by atoms with van der Waals surface area (Å²) in [5.41, 5.74) is 2.42. The number of nitrogens with one attached hydrogen (secondary N) is 1. The molecule has 0 fully saturated rings. The summed E-state index contributed by atoms with van der Waals surface area (Å²) < 4.78 is 2.49. The first-order valence-corrected chi connectivity index (χ1v) is 8.10. The fraction of sp³-hybridized carbons (Fsp3) is 0.118. The third-order valence-electron chi connectivity index (χ3n) is 3.50. The molecule has 2 heterocycles. The van der Waals surface area contributed by atoms with E-state index in [0.29, 0.717) is 16.9 Å². The molecule has 0 aliphatic carbocycles. The highest BCUT2D eigenvalue weighted by Gasteiger charge is 2.14. The van der Waals surface area contributed by atoms with Crippen LogP contribution < -0.4 is 10.9 Å². The van der Waals surface area contributed by atoms with Gasteiger partial charge in [0.15, 0.2) is 0 Å². The van der Waals surface area contributed by atoms with Crippen LogP contribution >= 0.6 is 22.6 Å². The van der Waals surface area contributed by atoms with E-state index in [9.17, 15) is 9.59 Å². The Labute approximate surface area is 146 Å². The highest BCUT2D eigenvalue weighted by Crippen LogP contribution is 2.12. The smallest absolute Gasteiger partial charge is 0.281 e. The van der Waals surface area contributed by atoms with Crippen molar-refractivity contribution < 1.29 is 4.79 Å². The Morgan fingerprint density at radius 2 is 1.83 bits per heavy atom. The lowest BCUT2D eigenvalue weighted by Crippen LogP contribution is -2.25. The molecule has 2 aromatic heterocycles. The van der Waals surface area contributed by atoms with Crippen LogP contribution in [0.15, 0.2) is 47.4 Å². The Kier molecular flexibility index (Phi) is 4.16. The SMILES string of the molecule is Cc1ccc2nc(C)c(NC(=O)c3ccc(I)cc3)c(=O)n2c1.